The van der Waals surface area contributed by atoms with Crippen LogP contribution in [0, 0.1) is 5.92 Å². The molecule has 1 aliphatic rings. The highest BCUT2D eigenvalue weighted by molar-refractivity contribution is 6.31. The molecule has 0 aliphatic carbocycles. The number of fused-ring (bicyclic) bond motifs is 1. The largest absolute Gasteiger partial charge is 0.300 e. The van der Waals surface area contributed by atoms with Crippen LogP contribution in [-0.4, -0.2) is 23.5 Å². The van der Waals surface area contributed by atoms with Crippen LogP contribution < -0.4 is 0 Å². The molecular weight excluding hydrogens is 220 g/mol. The Morgan fingerprint density at radius 3 is 2.94 bits per heavy atom. The summed E-state index contributed by atoms with van der Waals surface area (Å²) >= 11 is 6.32. The molecule has 1 aromatic heterocycles. The Labute approximate surface area is 103 Å². The van der Waals surface area contributed by atoms with E-state index in [2.05, 4.69) is 25.8 Å². The van der Waals surface area contributed by atoms with Crippen molar-refractivity contribution in [3.63, 3.8) is 0 Å². The van der Waals surface area contributed by atoms with Gasteiger partial charge >= 0.3 is 0 Å². The average molecular weight is 239 g/mol. The standard InChI is InChI=1S/C13H19ClN2/c1-9(2)6-10-7-12(14)11-4-5-16(3)8-13(11)15-10/h7,9H,4-6,8H2,1-3H3. The molecule has 0 unspecified atom stereocenters. The number of hydrogen-bond acceptors (Lipinski definition) is 2. The lowest BCUT2D eigenvalue weighted by Crippen LogP contribution is -2.28. The van der Waals surface area contributed by atoms with Gasteiger partial charge in [-0.2, -0.15) is 0 Å². The molecule has 88 valence electrons. The number of nitrogens with zero attached hydrogens (tertiary/aromatic N) is 2. The first kappa shape index (κ1) is 11.9. The lowest BCUT2D eigenvalue weighted by molar-refractivity contribution is 0.307. The summed E-state index contributed by atoms with van der Waals surface area (Å²) in [5, 5.41) is 0.911. The second-order valence-electron chi connectivity index (χ2n) is 5.11. The van der Waals surface area contributed by atoms with E-state index < -0.39 is 0 Å². The molecule has 3 heteroatoms. The van der Waals surface area contributed by atoms with Crippen LogP contribution in [0.25, 0.3) is 0 Å². The summed E-state index contributed by atoms with van der Waals surface area (Å²) in [6, 6.07) is 2.05. The summed E-state index contributed by atoms with van der Waals surface area (Å²) in [7, 11) is 2.13. The first-order valence-corrected chi connectivity index (χ1v) is 6.29. The summed E-state index contributed by atoms with van der Waals surface area (Å²) in [5.41, 5.74) is 3.57. The van der Waals surface area contributed by atoms with Crippen molar-refractivity contribution in [2.24, 2.45) is 5.92 Å². The summed E-state index contributed by atoms with van der Waals surface area (Å²) in [4.78, 5) is 7.04. The number of rotatable bonds is 2. The van der Waals surface area contributed by atoms with Crippen LogP contribution in [0.2, 0.25) is 5.02 Å². The third kappa shape index (κ3) is 2.55. The number of aromatic nitrogens is 1. The fourth-order valence-electron chi connectivity index (χ4n) is 2.20. The maximum Gasteiger partial charge on any atom is 0.0594 e. The van der Waals surface area contributed by atoms with E-state index in [4.69, 9.17) is 16.6 Å². The van der Waals surface area contributed by atoms with Gasteiger partial charge in [-0.1, -0.05) is 25.4 Å². The smallest absolute Gasteiger partial charge is 0.0594 e. The molecule has 2 nitrogen and oxygen atoms in total. The molecule has 0 N–H and O–H groups in total. The molecular formula is C13H19ClN2. The summed E-state index contributed by atoms with van der Waals surface area (Å²) in [6.45, 7) is 6.43. The minimum Gasteiger partial charge on any atom is -0.300 e. The van der Waals surface area contributed by atoms with Crippen molar-refractivity contribution < 1.29 is 0 Å². The molecule has 2 heterocycles. The van der Waals surface area contributed by atoms with Gasteiger partial charge in [-0.05, 0) is 37.4 Å². The zero-order valence-electron chi connectivity index (χ0n) is 10.3. The minimum absolute atomic E-state index is 0.628. The van der Waals surface area contributed by atoms with E-state index in [0.29, 0.717) is 5.92 Å². The highest BCUT2D eigenvalue weighted by Gasteiger charge is 2.18. The summed E-state index contributed by atoms with van der Waals surface area (Å²) in [5.74, 6) is 0.628. The normalized spacial score (nSPS) is 16.6. The van der Waals surface area contributed by atoms with Crippen molar-refractivity contribution in [3.05, 3.63) is 28.0 Å². The molecule has 0 atom stereocenters. The molecule has 0 radical (unpaired) electrons. The molecule has 0 saturated carbocycles. The molecule has 0 amide bonds. The van der Waals surface area contributed by atoms with Crippen LogP contribution in [0.5, 0.6) is 0 Å². The van der Waals surface area contributed by atoms with Gasteiger partial charge in [0.1, 0.15) is 0 Å². The van der Waals surface area contributed by atoms with Gasteiger partial charge in [-0.3, -0.25) is 4.98 Å². The molecule has 16 heavy (non-hydrogen) atoms. The Morgan fingerprint density at radius 1 is 1.50 bits per heavy atom. The molecule has 0 spiro atoms. The fourth-order valence-corrected chi connectivity index (χ4v) is 2.53. The Balaban J connectivity index is 2.32. The molecule has 0 saturated heterocycles. The van der Waals surface area contributed by atoms with E-state index in [-0.39, 0.29) is 0 Å². The van der Waals surface area contributed by atoms with Crippen LogP contribution in [0.1, 0.15) is 30.8 Å². The second-order valence-corrected chi connectivity index (χ2v) is 5.51. The Bertz CT molecular complexity index is 388. The van der Waals surface area contributed by atoms with Gasteiger partial charge in [0, 0.05) is 23.8 Å². The van der Waals surface area contributed by atoms with Crippen molar-refractivity contribution >= 4 is 11.6 Å². The lowest BCUT2D eigenvalue weighted by Gasteiger charge is -2.25. The topological polar surface area (TPSA) is 16.1 Å². The van der Waals surface area contributed by atoms with E-state index in [0.717, 1.165) is 36.6 Å². The van der Waals surface area contributed by atoms with Gasteiger partial charge in [-0.25, -0.2) is 0 Å². The van der Waals surface area contributed by atoms with Gasteiger partial charge < -0.3 is 4.90 Å². The summed E-state index contributed by atoms with van der Waals surface area (Å²) < 4.78 is 0. The molecule has 0 aromatic carbocycles. The first-order valence-electron chi connectivity index (χ1n) is 5.92. The van der Waals surface area contributed by atoms with Crippen molar-refractivity contribution in [1.82, 2.24) is 9.88 Å². The van der Waals surface area contributed by atoms with Crippen molar-refractivity contribution in [2.75, 3.05) is 13.6 Å². The Hall–Kier alpha value is -0.600. The quantitative estimate of drug-likeness (QED) is 0.788. The van der Waals surface area contributed by atoms with Crippen LogP contribution in [0.15, 0.2) is 6.07 Å². The predicted molar refractivity (Wildman–Crippen MR) is 67.8 cm³/mol. The maximum absolute atomic E-state index is 6.32. The third-order valence-electron chi connectivity index (χ3n) is 2.99. The molecule has 2 rings (SSSR count). The predicted octanol–water partition coefficient (Wildman–Crippen LogP) is 2.92. The second kappa shape index (κ2) is 4.72. The van der Waals surface area contributed by atoms with Crippen molar-refractivity contribution in [2.45, 2.75) is 33.2 Å². The molecule has 1 aliphatic heterocycles. The summed E-state index contributed by atoms with van der Waals surface area (Å²) in [6.07, 6.45) is 2.04. The van der Waals surface area contributed by atoms with E-state index >= 15 is 0 Å². The molecule has 1 aromatic rings. The lowest BCUT2D eigenvalue weighted by atomic mass is 10.0. The third-order valence-corrected chi connectivity index (χ3v) is 3.33. The van der Waals surface area contributed by atoms with Crippen LogP contribution in [0.4, 0.5) is 0 Å². The van der Waals surface area contributed by atoms with Crippen LogP contribution in [-0.2, 0) is 19.4 Å². The van der Waals surface area contributed by atoms with Crippen molar-refractivity contribution in [1.29, 1.82) is 0 Å². The van der Waals surface area contributed by atoms with Gasteiger partial charge in [0.2, 0.25) is 0 Å². The zero-order chi connectivity index (χ0) is 11.7. The van der Waals surface area contributed by atoms with Gasteiger partial charge in [-0.15, -0.1) is 0 Å². The zero-order valence-corrected chi connectivity index (χ0v) is 11.0. The SMILES string of the molecule is CC(C)Cc1cc(Cl)c2c(n1)CN(C)CC2. The average Bonchev–Trinajstić information content (AvgIpc) is 2.15. The highest BCUT2D eigenvalue weighted by Crippen LogP contribution is 2.25. The number of pyridine rings is 1. The van der Waals surface area contributed by atoms with Gasteiger partial charge in [0.25, 0.3) is 0 Å². The van der Waals surface area contributed by atoms with E-state index in [1.54, 1.807) is 0 Å². The number of likely N-dealkylation sites (N-methyl/N-ethyl adjacent to an activating group) is 1. The first-order chi connectivity index (χ1) is 7.56. The molecule has 0 fully saturated rings. The van der Waals surface area contributed by atoms with Crippen molar-refractivity contribution in [3.8, 4) is 0 Å². The molecule has 0 bridgehead atoms. The fraction of sp³-hybridized carbons (Fsp3) is 0.615. The van der Waals surface area contributed by atoms with Crippen LogP contribution >= 0.6 is 11.6 Å². The highest BCUT2D eigenvalue weighted by atomic mass is 35.5. The van der Waals surface area contributed by atoms with Crippen LogP contribution in [0.3, 0.4) is 0 Å². The number of hydrogen-bond donors (Lipinski definition) is 0. The maximum atomic E-state index is 6.32. The Morgan fingerprint density at radius 2 is 2.25 bits per heavy atom. The number of halogens is 1. The minimum atomic E-state index is 0.628. The van der Waals surface area contributed by atoms with Gasteiger partial charge in [0.15, 0.2) is 0 Å². The van der Waals surface area contributed by atoms with E-state index in [9.17, 15) is 0 Å². The monoisotopic (exact) mass is 238 g/mol. The Kier molecular flexibility index (Phi) is 3.50. The van der Waals surface area contributed by atoms with E-state index in [1.165, 1.54) is 11.3 Å². The van der Waals surface area contributed by atoms with Gasteiger partial charge in [0.05, 0.1) is 5.69 Å². The van der Waals surface area contributed by atoms with E-state index in [1.807, 2.05) is 6.07 Å².